The Bertz CT molecular complexity index is 607. The average Bonchev–Trinajstić information content (AvgIpc) is 2.35. The number of carboxylic acids is 1. The van der Waals surface area contributed by atoms with E-state index in [0.717, 1.165) is 18.2 Å². The first kappa shape index (κ1) is 16.3. The molecule has 0 spiro atoms. The molecule has 0 heterocycles. The van der Waals surface area contributed by atoms with Gasteiger partial charge in [-0.1, -0.05) is 0 Å². The molecule has 0 saturated carbocycles. The molecule has 0 aliphatic heterocycles. The third-order valence-electron chi connectivity index (χ3n) is 2.41. The van der Waals surface area contributed by atoms with Crippen molar-refractivity contribution in [2.45, 2.75) is 17.5 Å². The van der Waals surface area contributed by atoms with Gasteiger partial charge in [0.1, 0.15) is 11.3 Å². The molecular weight excluding hydrogens is 301 g/mol. The molecule has 0 unspecified atom stereocenters. The van der Waals surface area contributed by atoms with Gasteiger partial charge in [-0.25, -0.2) is 13.2 Å². The standard InChI is InChI=1S/C11H11F3O5S/c1-19-9-3-2-7(6-8(9)10(15)16)20(17,18)5-4-11(12,13)14/h2-3,6H,4-5H2,1H3,(H,15,16). The van der Waals surface area contributed by atoms with Crippen LogP contribution in [-0.4, -0.2) is 38.5 Å². The van der Waals surface area contributed by atoms with E-state index in [1.165, 1.54) is 7.11 Å². The summed E-state index contributed by atoms with van der Waals surface area (Å²) in [4.78, 5) is 10.4. The van der Waals surface area contributed by atoms with E-state index in [2.05, 4.69) is 0 Å². The molecule has 5 nitrogen and oxygen atoms in total. The van der Waals surface area contributed by atoms with Gasteiger partial charge in [-0.05, 0) is 18.2 Å². The summed E-state index contributed by atoms with van der Waals surface area (Å²) >= 11 is 0. The molecular formula is C11H11F3O5S. The fourth-order valence-electron chi connectivity index (χ4n) is 1.42. The maximum Gasteiger partial charge on any atom is 0.390 e. The Kier molecular flexibility index (Phi) is 4.64. The van der Waals surface area contributed by atoms with Crippen LogP contribution in [0.5, 0.6) is 5.75 Å². The lowest BCUT2D eigenvalue weighted by Gasteiger charge is -2.10. The van der Waals surface area contributed by atoms with Crippen LogP contribution in [0.25, 0.3) is 0 Å². The molecule has 112 valence electrons. The number of hydrogen-bond donors (Lipinski definition) is 1. The summed E-state index contributed by atoms with van der Waals surface area (Å²) in [6, 6.07) is 2.88. The number of rotatable bonds is 5. The second kappa shape index (κ2) is 5.70. The van der Waals surface area contributed by atoms with Crippen molar-refractivity contribution in [1.29, 1.82) is 0 Å². The Labute approximate surface area is 112 Å². The van der Waals surface area contributed by atoms with Crippen LogP contribution >= 0.6 is 0 Å². The van der Waals surface area contributed by atoms with Gasteiger partial charge in [-0.2, -0.15) is 13.2 Å². The maximum atomic E-state index is 12.0. The molecule has 0 fully saturated rings. The number of ether oxygens (including phenoxy) is 1. The SMILES string of the molecule is COc1ccc(S(=O)(=O)CCC(F)(F)F)cc1C(=O)O. The number of carboxylic acid groups (broad SMARTS) is 1. The van der Waals surface area contributed by atoms with Gasteiger partial charge >= 0.3 is 12.1 Å². The molecule has 0 amide bonds. The smallest absolute Gasteiger partial charge is 0.390 e. The van der Waals surface area contributed by atoms with Crippen LogP contribution in [0.2, 0.25) is 0 Å². The van der Waals surface area contributed by atoms with Crippen LogP contribution in [0.1, 0.15) is 16.8 Å². The lowest BCUT2D eigenvalue weighted by Crippen LogP contribution is -2.16. The minimum absolute atomic E-state index is 0.0766. The number of benzene rings is 1. The number of hydrogen-bond acceptors (Lipinski definition) is 4. The second-order valence-electron chi connectivity index (χ2n) is 3.85. The lowest BCUT2D eigenvalue weighted by atomic mass is 10.2. The van der Waals surface area contributed by atoms with Crippen molar-refractivity contribution in [2.75, 3.05) is 12.9 Å². The number of carbonyl (C=O) groups is 1. The third-order valence-corrected chi connectivity index (χ3v) is 4.13. The van der Waals surface area contributed by atoms with Gasteiger partial charge in [-0.3, -0.25) is 0 Å². The zero-order valence-electron chi connectivity index (χ0n) is 10.3. The summed E-state index contributed by atoms with van der Waals surface area (Å²) in [6.07, 6.45) is -6.10. The Morgan fingerprint density at radius 1 is 1.35 bits per heavy atom. The van der Waals surface area contributed by atoms with Crippen LogP contribution in [0, 0.1) is 0 Å². The minimum atomic E-state index is -4.60. The summed E-state index contributed by atoms with van der Waals surface area (Å²) in [5, 5.41) is 8.89. The number of sulfone groups is 1. The van der Waals surface area contributed by atoms with Crippen molar-refractivity contribution in [2.24, 2.45) is 0 Å². The summed E-state index contributed by atoms with van der Waals surface area (Å²) in [7, 11) is -3.02. The molecule has 20 heavy (non-hydrogen) atoms. The fourth-order valence-corrected chi connectivity index (χ4v) is 2.72. The summed E-state index contributed by atoms with van der Waals surface area (Å²) in [5.41, 5.74) is -0.430. The quantitative estimate of drug-likeness (QED) is 0.900. The van der Waals surface area contributed by atoms with E-state index in [-0.39, 0.29) is 5.75 Å². The van der Waals surface area contributed by atoms with Crippen LogP contribution < -0.4 is 4.74 Å². The van der Waals surface area contributed by atoms with Crippen molar-refractivity contribution < 1.29 is 36.2 Å². The Hall–Kier alpha value is -1.77. The van der Waals surface area contributed by atoms with Crippen LogP contribution in [0.15, 0.2) is 23.1 Å². The average molecular weight is 312 g/mol. The first-order chi connectivity index (χ1) is 9.07. The highest BCUT2D eigenvalue weighted by Gasteiger charge is 2.31. The van der Waals surface area contributed by atoms with E-state index in [1.807, 2.05) is 0 Å². The van der Waals surface area contributed by atoms with Gasteiger partial charge in [0.2, 0.25) is 0 Å². The van der Waals surface area contributed by atoms with Gasteiger partial charge in [0.05, 0.1) is 24.2 Å². The Morgan fingerprint density at radius 3 is 2.40 bits per heavy atom. The Balaban J connectivity index is 3.13. The third kappa shape index (κ3) is 4.12. The first-order valence-corrected chi connectivity index (χ1v) is 6.93. The van der Waals surface area contributed by atoms with Crippen LogP contribution in [-0.2, 0) is 9.84 Å². The minimum Gasteiger partial charge on any atom is -0.496 e. The molecule has 0 aromatic heterocycles. The first-order valence-electron chi connectivity index (χ1n) is 5.27. The maximum absolute atomic E-state index is 12.0. The summed E-state index contributed by atoms with van der Waals surface area (Å²) in [5.74, 6) is -2.65. The van der Waals surface area contributed by atoms with Crippen molar-refractivity contribution >= 4 is 15.8 Å². The molecule has 1 rings (SSSR count). The molecule has 0 bridgehead atoms. The Morgan fingerprint density at radius 2 is 1.95 bits per heavy atom. The molecule has 0 aliphatic carbocycles. The predicted octanol–water partition coefficient (Wildman–Crippen LogP) is 2.12. The summed E-state index contributed by atoms with van der Waals surface area (Å²) in [6.45, 7) is 0. The van der Waals surface area contributed by atoms with Gasteiger partial charge in [0, 0.05) is 0 Å². The van der Waals surface area contributed by atoms with Crippen molar-refractivity contribution in [3.8, 4) is 5.75 Å². The highest BCUT2D eigenvalue weighted by Crippen LogP contribution is 2.26. The van der Waals surface area contributed by atoms with Gasteiger partial charge in [0.15, 0.2) is 9.84 Å². The molecule has 0 radical (unpaired) electrons. The van der Waals surface area contributed by atoms with E-state index < -0.39 is 44.6 Å². The molecule has 9 heteroatoms. The zero-order chi connectivity index (χ0) is 15.6. The fraction of sp³-hybridized carbons (Fsp3) is 0.364. The highest BCUT2D eigenvalue weighted by atomic mass is 32.2. The van der Waals surface area contributed by atoms with Crippen LogP contribution in [0.4, 0.5) is 13.2 Å². The molecule has 1 aromatic carbocycles. The van der Waals surface area contributed by atoms with E-state index >= 15 is 0 Å². The van der Waals surface area contributed by atoms with E-state index in [1.54, 1.807) is 0 Å². The zero-order valence-corrected chi connectivity index (χ0v) is 11.1. The molecule has 0 aliphatic rings. The van der Waals surface area contributed by atoms with Gasteiger partial charge in [-0.15, -0.1) is 0 Å². The number of alkyl halides is 3. The normalized spacial score (nSPS) is 12.2. The number of halogens is 3. The van der Waals surface area contributed by atoms with Crippen molar-refractivity contribution in [3.63, 3.8) is 0 Å². The number of aromatic carboxylic acids is 1. The number of methoxy groups -OCH3 is 1. The largest absolute Gasteiger partial charge is 0.496 e. The lowest BCUT2D eigenvalue weighted by molar-refractivity contribution is -0.129. The highest BCUT2D eigenvalue weighted by molar-refractivity contribution is 7.91. The predicted molar refractivity (Wildman–Crippen MR) is 62.7 cm³/mol. The molecule has 0 atom stereocenters. The van der Waals surface area contributed by atoms with Gasteiger partial charge in [0.25, 0.3) is 0 Å². The van der Waals surface area contributed by atoms with E-state index in [0.29, 0.717) is 0 Å². The topological polar surface area (TPSA) is 80.7 Å². The van der Waals surface area contributed by atoms with Gasteiger partial charge < -0.3 is 9.84 Å². The monoisotopic (exact) mass is 312 g/mol. The molecule has 1 N–H and O–H groups in total. The second-order valence-corrected chi connectivity index (χ2v) is 5.96. The molecule has 1 aromatic rings. The molecule has 0 saturated heterocycles. The van der Waals surface area contributed by atoms with Crippen molar-refractivity contribution in [1.82, 2.24) is 0 Å². The van der Waals surface area contributed by atoms with Crippen LogP contribution in [0.3, 0.4) is 0 Å². The summed E-state index contributed by atoms with van der Waals surface area (Å²) < 4.78 is 64.3. The van der Waals surface area contributed by atoms with Crippen molar-refractivity contribution in [3.05, 3.63) is 23.8 Å². The van der Waals surface area contributed by atoms with E-state index in [9.17, 15) is 26.4 Å². The van der Waals surface area contributed by atoms with E-state index in [4.69, 9.17) is 9.84 Å².